The summed E-state index contributed by atoms with van der Waals surface area (Å²) in [7, 11) is -1.87. The lowest BCUT2D eigenvalue weighted by Gasteiger charge is -2.22. The minimum atomic E-state index is -3.62. The molecule has 146 valence electrons. The average Bonchev–Trinajstić information content (AvgIpc) is 3.07. The zero-order valence-corrected chi connectivity index (χ0v) is 16.3. The Balaban J connectivity index is 1.51. The maximum absolute atomic E-state index is 12.4. The lowest BCUT2D eigenvalue weighted by atomic mass is 9.84. The van der Waals surface area contributed by atoms with Gasteiger partial charge in [0.05, 0.1) is 4.90 Å². The monoisotopic (exact) mass is 390 g/mol. The number of sulfonamides is 1. The van der Waals surface area contributed by atoms with Crippen molar-refractivity contribution in [2.24, 2.45) is 7.05 Å². The molecular weight excluding hydrogens is 364 g/mol. The fraction of sp³-hybridized carbons (Fsp3) is 0.474. The quantitative estimate of drug-likeness (QED) is 0.760. The number of aryl methyl sites for hydroxylation is 1. The van der Waals surface area contributed by atoms with Crippen LogP contribution in [0.5, 0.6) is 0 Å². The third-order valence-electron chi connectivity index (χ3n) is 4.89. The molecular formula is C19H26N4O3S. The molecule has 3 rings (SSSR count). The van der Waals surface area contributed by atoms with Crippen LogP contribution in [0.25, 0.3) is 0 Å². The molecule has 1 fully saturated rings. The van der Waals surface area contributed by atoms with Crippen LogP contribution in [0.3, 0.4) is 0 Å². The lowest BCUT2D eigenvalue weighted by Crippen LogP contribution is -2.28. The van der Waals surface area contributed by atoms with Gasteiger partial charge in [-0.05, 0) is 36.5 Å². The Morgan fingerprint density at radius 3 is 2.48 bits per heavy atom. The number of aromatic nitrogens is 2. The molecule has 0 radical (unpaired) electrons. The first kappa shape index (κ1) is 19.6. The summed E-state index contributed by atoms with van der Waals surface area (Å²) >= 11 is 0. The van der Waals surface area contributed by atoms with Crippen molar-refractivity contribution in [1.29, 1.82) is 0 Å². The van der Waals surface area contributed by atoms with Gasteiger partial charge >= 0.3 is 0 Å². The Bertz CT molecular complexity index is 869. The highest BCUT2D eigenvalue weighted by Gasteiger charge is 2.18. The van der Waals surface area contributed by atoms with Crippen molar-refractivity contribution in [2.45, 2.75) is 49.3 Å². The number of rotatable bonds is 7. The highest BCUT2D eigenvalue weighted by Crippen LogP contribution is 2.32. The number of hydrogen-bond donors (Lipinski definition) is 2. The molecule has 0 unspecified atom stereocenters. The summed E-state index contributed by atoms with van der Waals surface area (Å²) in [6.07, 6.45) is 7.89. The van der Waals surface area contributed by atoms with E-state index >= 15 is 0 Å². The minimum absolute atomic E-state index is 0.0331. The average molecular weight is 391 g/mol. The second-order valence-corrected chi connectivity index (χ2v) is 8.74. The molecule has 1 saturated carbocycles. The lowest BCUT2D eigenvalue weighted by molar-refractivity contribution is -0.116. The highest BCUT2D eigenvalue weighted by molar-refractivity contribution is 7.89. The second-order valence-electron chi connectivity index (χ2n) is 6.97. The summed E-state index contributed by atoms with van der Waals surface area (Å²) in [6, 6.07) is 8.81. The van der Waals surface area contributed by atoms with Crippen molar-refractivity contribution >= 4 is 21.7 Å². The molecule has 7 nitrogen and oxygen atoms in total. The first-order valence-electron chi connectivity index (χ1n) is 9.33. The number of benzene rings is 1. The smallest absolute Gasteiger partial charge is 0.240 e. The van der Waals surface area contributed by atoms with Crippen LogP contribution < -0.4 is 10.0 Å². The number of nitrogens with zero attached hydrogens (tertiary/aromatic N) is 2. The van der Waals surface area contributed by atoms with Crippen molar-refractivity contribution in [3.8, 4) is 0 Å². The van der Waals surface area contributed by atoms with Gasteiger partial charge in [0.1, 0.15) is 0 Å². The van der Waals surface area contributed by atoms with E-state index in [0.29, 0.717) is 11.7 Å². The first-order chi connectivity index (χ1) is 12.9. The van der Waals surface area contributed by atoms with Crippen LogP contribution in [-0.2, 0) is 21.9 Å². The van der Waals surface area contributed by atoms with E-state index in [4.69, 9.17) is 0 Å². The number of hydrogen-bond acceptors (Lipinski definition) is 4. The molecule has 1 heterocycles. The summed E-state index contributed by atoms with van der Waals surface area (Å²) in [5.41, 5.74) is 1.21. The van der Waals surface area contributed by atoms with Gasteiger partial charge < -0.3 is 5.32 Å². The third-order valence-corrected chi connectivity index (χ3v) is 6.37. The van der Waals surface area contributed by atoms with Crippen LogP contribution in [-0.4, -0.2) is 30.7 Å². The molecule has 0 aliphatic heterocycles. The van der Waals surface area contributed by atoms with Gasteiger partial charge in [0.2, 0.25) is 15.9 Å². The Hall–Kier alpha value is -2.19. The normalized spacial score (nSPS) is 15.6. The van der Waals surface area contributed by atoms with E-state index in [9.17, 15) is 13.2 Å². The molecule has 0 spiro atoms. The van der Waals surface area contributed by atoms with Crippen molar-refractivity contribution in [2.75, 3.05) is 11.9 Å². The van der Waals surface area contributed by atoms with Gasteiger partial charge in [-0.1, -0.05) is 31.4 Å². The number of carbonyl (C=O) groups is 1. The SMILES string of the molecule is Cn1ccc(NC(=O)CCNS(=O)(=O)c2ccc(C3CCCCC3)cc2)n1. The molecule has 0 bridgehead atoms. The Morgan fingerprint density at radius 1 is 1.15 bits per heavy atom. The van der Waals surface area contributed by atoms with Gasteiger partial charge in [0, 0.05) is 32.3 Å². The molecule has 27 heavy (non-hydrogen) atoms. The molecule has 1 aromatic heterocycles. The summed E-state index contributed by atoms with van der Waals surface area (Å²) < 4.78 is 28.9. The molecule has 0 saturated heterocycles. The molecule has 1 aliphatic rings. The summed E-state index contributed by atoms with van der Waals surface area (Å²) in [5.74, 6) is 0.700. The van der Waals surface area contributed by atoms with Crippen molar-refractivity contribution < 1.29 is 13.2 Å². The molecule has 2 aromatic rings. The van der Waals surface area contributed by atoms with E-state index in [2.05, 4.69) is 15.1 Å². The fourth-order valence-electron chi connectivity index (χ4n) is 3.42. The van der Waals surface area contributed by atoms with Gasteiger partial charge in [-0.15, -0.1) is 0 Å². The topological polar surface area (TPSA) is 93.1 Å². The van der Waals surface area contributed by atoms with E-state index in [-0.39, 0.29) is 23.8 Å². The van der Waals surface area contributed by atoms with Gasteiger partial charge in [-0.25, -0.2) is 13.1 Å². The summed E-state index contributed by atoms with van der Waals surface area (Å²) in [6.45, 7) is 0.0331. The van der Waals surface area contributed by atoms with E-state index in [1.54, 1.807) is 36.1 Å². The molecule has 1 aromatic carbocycles. The molecule has 8 heteroatoms. The maximum atomic E-state index is 12.4. The van der Waals surface area contributed by atoms with Crippen LogP contribution in [0.4, 0.5) is 5.82 Å². The Labute approximate surface area is 160 Å². The zero-order valence-electron chi connectivity index (χ0n) is 15.5. The van der Waals surface area contributed by atoms with Crippen LogP contribution in [0, 0.1) is 0 Å². The molecule has 0 atom stereocenters. The number of carbonyl (C=O) groups excluding carboxylic acids is 1. The zero-order chi connectivity index (χ0) is 19.3. The number of anilines is 1. The van der Waals surface area contributed by atoms with Gasteiger partial charge in [-0.2, -0.15) is 5.10 Å². The first-order valence-corrected chi connectivity index (χ1v) is 10.8. The Morgan fingerprint density at radius 2 is 1.85 bits per heavy atom. The minimum Gasteiger partial charge on any atom is -0.309 e. The van der Waals surface area contributed by atoms with Crippen molar-refractivity contribution in [1.82, 2.24) is 14.5 Å². The summed E-state index contributed by atoms with van der Waals surface area (Å²) in [5, 5.41) is 6.67. The molecule has 1 aliphatic carbocycles. The maximum Gasteiger partial charge on any atom is 0.240 e. The van der Waals surface area contributed by atoms with E-state index < -0.39 is 10.0 Å². The predicted octanol–water partition coefficient (Wildman–Crippen LogP) is 2.77. The van der Waals surface area contributed by atoms with E-state index in [0.717, 1.165) is 0 Å². The van der Waals surface area contributed by atoms with Gasteiger partial charge in [0.25, 0.3) is 0 Å². The number of amides is 1. The predicted molar refractivity (Wildman–Crippen MR) is 104 cm³/mol. The summed E-state index contributed by atoms with van der Waals surface area (Å²) in [4.78, 5) is 12.1. The highest BCUT2D eigenvalue weighted by atomic mass is 32.2. The van der Waals surface area contributed by atoms with E-state index in [1.165, 1.54) is 37.7 Å². The Kier molecular flexibility index (Phi) is 6.28. The number of nitrogens with one attached hydrogen (secondary N) is 2. The molecule has 1 amide bonds. The van der Waals surface area contributed by atoms with Crippen LogP contribution >= 0.6 is 0 Å². The second kappa shape index (κ2) is 8.67. The van der Waals surface area contributed by atoms with Crippen molar-refractivity contribution in [3.63, 3.8) is 0 Å². The van der Waals surface area contributed by atoms with Crippen LogP contribution in [0.1, 0.15) is 50.0 Å². The largest absolute Gasteiger partial charge is 0.309 e. The molecule has 2 N–H and O–H groups in total. The fourth-order valence-corrected chi connectivity index (χ4v) is 4.46. The van der Waals surface area contributed by atoms with Crippen LogP contribution in [0.2, 0.25) is 0 Å². The third kappa shape index (κ3) is 5.40. The van der Waals surface area contributed by atoms with E-state index in [1.807, 2.05) is 12.1 Å². The van der Waals surface area contributed by atoms with Gasteiger partial charge in [0.15, 0.2) is 5.82 Å². The van der Waals surface area contributed by atoms with Gasteiger partial charge in [-0.3, -0.25) is 9.48 Å². The van der Waals surface area contributed by atoms with Crippen molar-refractivity contribution in [3.05, 3.63) is 42.1 Å². The standard InChI is InChI=1S/C19H26N4O3S/c1-23-14-12-18(22-23)21-19(24)11-13-20-27(25,26)17-9-7-16(8-10-17)15-5-3-2-4-6-15/h7-10,12,14-15,20H,2-6,11,13H2,1H3,(H,21,22,24). The van der Waals surface area contributed by atoms with Crippen LogP contribution in [0.15, 0.2) is 41.4 Å².